The zero-order chi connectivity index (χ0) is 12.1. The molecule has 0 aliphatic carbocycles. The van der Waals surface area contributed by atoms with Crippen molar-refractivity contribution in [3.63, 3.8) is 0 Å². The normalized spacial score (nSPS) is 12.7. The third-order valence-electron chi connectivity index (χ3n) is 2.46. The number of thioether (sulfide) groups is 1. The van der Waals surface area contributed by atoms with E-state index in [1.54, 1.807) is 0 Å². The Bertz CT molecular complexity index is 403. The largest absolute Gasteiger partial charge is 0.493 e. The average molecular weight is 242 g/mol. The van der Waals surface area contributed by atoms with Gasteiger partial charge in [0.25, 0.3) is 5.56 Å². The van der Waals surface area contributed by atoms with Crippen LogP contribution in [0.15, 0.2) is 9.95 Å². The maximum absolute atomic E-state index is 11.8. The van der Waals surface area contributed by atoms with Crippen molar-refractivity contribution in [2.45, 2.75) is 44.7 Å². The minimum Gasteiger partial charge on any atom is -0.493 e. The molecule has 0 bridgehead atoms. The lowest BCUT2D eigenvalue weighted by atomic mass is 10.0. The standard InChI is InChI=1S/C11H18N2O2S/c1-4-6-16-11-12-9(14)8(7(3)5-2)10(15)13-11/h7H,4-6H2,1-3H3,(H2,12,13,14,15)/t7-/m0/s1. The van der Waals surface area contributed by atoms with Crippen LogP contribution in [0.25, 0.3) is 0 Å². The van der Waals surface area contributed by atoms with Gasteiger partial charge in [0.15, 0.2) is 5.16 Å². The van der Waals surface area contributed by atoms with Crippen molar-refractivity contribution >= 4 is 11.8 Å². The first-order valence-electron chi connectivity index (χ1n) is 5.56. The van der Waals surface area contributed by atoms with Crippen molar-refractivity contribution in [2.75, 3.05) is 5.75 Å². The van der Waals surface area contributed by atoms with Gasteiger partial charge in [-0.15, -0.1) is 0 Å². The number of nitrogens with one attached hydrogen (secondary N) is 1. The van der Waals surface area contributed by atoms with Crippen LogP contribution in [-0.2, 0) is 0 Å². The Morgan fingerprint density at radius 2 is 2.19 bits per heavy atom. The number of aromatic hydroxyl groups is 1. The van der Waals surface area contributed by atoms with Crippen LogP contribution in [0.4, 0.5) is 0 Å². The molecule has 1 atom stereocenters. The third kappa shape index (κ3) is 3.01. The molecule has 0 saturated carbocycles. The topological polar surface area (TPSA) is 66.0 Å². The molecule has 0 aromatic carbocycles. The highest BCUT2D eigenvalue weighted by molar-refractivity contribution is 7.99. The Hall–Kier alpha value is -0.970. The van der Waals surface area contributed by atoms with Crippen LogP contribution >= 0.6 is 11.8 Å². The number of nitrogens with zero attached hydrogens (tertiary/aromatic N) is 1. The highest BCUT2D eigenvalue weighted by atomic mass is 32.2. The Morgan fingerprint density at radius 1 is 1.50 bits per heavy atom. The van der Waals surface area contributed by atoms with Gasteiger partial charge in [0.2, 0.25) is 5.88 Å². The van der Waals surface area contributed by atoms with E-state index < -0.39 is 0 Å². The lowest BCUT2D eigenvalue weighted by molar-refractivity contribution is 0.429. The van der Waals surface area contributed by atoms with E-state index in [1.165, 1.54) is 11.8 Å². The maximum Gasteiger partial charge on any atom is 0.258 e. The van der Waals surface area contributed by atoms with E-state index in [0.29, 0.717) is 10.7 Å². The minimum atomic E-state index is -0.222. The maximum atomic E-state index is 11.8. The zero-order valence-corrected chi connectivity index (χ0v) is 10.7. The molecule has 1 rings (SSSR count). The van der Waals surface area contributed by atoms with Crippen LogP contribution in [0.5, 0.6) is 5.88 Å². The van der Waals surface area contributed by atoms with E-state index in [0.717, 1.165) is 18.6 Å². The predicted molar refractivity (Wildman–Crippen MR) is 66.2 cm³/mol. The fraction of sp³-hybridized carbons (Fsp3) is 0.636. The summed E-state index contributed by atoms with van der Waals surface area (Å²) in [6.07, 6.45) is 1.81. The molecular formula is C11H18N2O2S. The number of aromatic amines is 1. The highest BCUT2D eigenvalue weighted by Gasteiger charge is 2.15. The van der Waals surface area contributed by atoms with Gasteiger partial charge in [0.05, 0.1) is 5.56 Å². The van der Waals surface area contributed by atoms with E-state index in [2.05, 4.69) is 16.9 Å². The van der Waals surface area contributed by atoms with Crippen LogP contribution in [-0.4, -0.2) is 20.8 Å². The van der Waals surface area contributed by atoms with Crippen molar-refractivity contribution in [1.82, 2.24) is 9.97 Å². The van der Waals surface area contributed by atoms with Gasteiger partial charge in [-0.2, -0.15) is 4.98 Å². The van der Waals surface area contributed by atoms with E-state index in [4.69, 9.17) is 0 Å². The van der Waals surface area contributed by atoms with Crippen molar-refractivity contribution in [1.29, 1.82) is 0 Å². The number of hydrogen-bond acceptors (Lipinski definition) is 4. The fourth-order valence-electron chi connectivity index (χ4n) is 1.37. The molecule has 0 aliphatic heterocycles. The van der Waals surface area contributed by atoms with Gasteiger partial charge in [-0.25, -0.2) is 0 Å². The number of H-pyrrole nitrogens is 1. The second-order valence-corrected chi connectivity index (χ2v) is 4.85. The Morgan fingerprint density at radius 3 is 2.69 bits per heavy atom. The molecule has 0 radical (unpaired) electrons. The Kier molecular flexibility index (Phi) is 4.86. The van der Waals surface area contributed by atoms with E-state index in [-0.39, 0.29) is 17.4 Å². The molecule has 5 heteroatoms. The van der Waals surface area contributed by atoms with Gasteiger partial charge in [0.1, 0.15) is 0 Å². The fourth-order valence-corrected chi connectivity index (χ4v) is 2.08. The molecule has 0 saturated heterocycles. The summed E-state index contributed by atoms with van der Waals surface area (Å²) in [5, 5.41) is 10.2. The summed E-state index contributed by atoms with van der Waals surface area (Å²) in [5.41, 5.74) is 0.170. The summed E-state index contributed by atoms with van der Waals surface area (Å²) in [7, 11) is 0. The van der Waals surface area contributed by atoms with Crippen molar-refractivity contribution in [2.24, 2.45) is 0 Å². The molecule has 4 nitrogen and oxygen atoms in total. The van der Waals surface area contributed by atoms with Gasteiger partial charge in [-0.05, 0) is 18.8 Å². The SMILES string of the molecule is CCCSc1nc(O)c([C@@H](C)CC)c(=O)[nH]1. The molecule has 2 N–H and O–H groups in total. The molecule has 1 heterocycles. The molecule has 0 fully saturated rings. The van der Waals surface area contributed by atoms with Gasteiger partial charge >= 0.3 is 0 Å². The summed E-state index contributed by atoms with van der Waals surface area (Å²) < 4.78 is 0. The summed E-state index contributed by atoms with van der Waals surface area (Å²) in [6, 6.07) is 0. The molecule has 0 spiro atoms. The lowest BCUT2D eigenvalue weighted by Gasteiger charge is -2.09. The van der Waals surface area contributed by atoms with Crippen LogP contribution in [0.2, 0.25) is 0 Å². The van der Waals surface area contributed by atoms with Gasteiger partial charge in [-0.3, -0.25) is 4.79 Å². The molecule has 90 valence electrons. The van der Waals surface area contributed by atoms with Crippen LogP contribution < -0.4 is 5.56 Å². The lowest BCUT2D eigenvalue weighted by Crippen LogP contribution is -2.17. The summed E-state index contributed by atoms with van der Waals surface area (Å²) >= 11 is 1.45. The summed E-state index contributed by atoms with van der Waals surface area (Å²) in [6.45, 7) is 5.94. The van der Waals surface area contributed by atoms with Crippen molar-refractivity contribution in [3.05, 3.63) is 15.9 Å². The molecular weight excluding hydrogens is 224 g/mol. The third-order valence-corrected chi connectivity index (χ3v) is 3.54. The first-order valence-corrected chi connectivity index (χ1v) is 6.54. The molecule has 16 heavy (non-hydrogen) atoms. The second-order valence-electron chi connectivity index (χ2n) is 3.77. The molecule has 0 unspecified atom stereocenters. The van der Waals surface area contributed by atoms with Gasteiger partial charge in [-0.1, -0.05) is 32.5 Å². The molecule has 1 aromatic heterocycles. The van der Waals surface area contributed by atoms with E-state index in [1.807, 2.05) is 13.8 Å². The molecule has 0 aliphatic rings. The second kappa shape index (κ2) is 5.94. The monoisotopic (exact) mass is 242 g/mol. The average Bonchev–Trinajstić information content (AvgIpc) is 2.25. The van der Waals surface area contributed by atoms with E-state index in [9.17, 15) is 9.90 Å². The van der Waals surface area contributed by atoms with E-state index >= 15 is 0 Å². The van der Waals surface area contributed by atoms with Crippen LogP contribution in [0.3, 0.4) is 0 Å². The number of aromatic nitrogens is 2. The van der Waals surface area contributed by atoms with Crippen molar-refractivity contribution in [3.8, 4) is 5.88 Å². The number of rotatable bonds is 5. The first-order chi connectivity index (χ1) is 7.60. The van der Waals surface area contributed by atoms with Gasteiger partial charge < -0.3 is 10.1 Å². The quantitative estimate of drug-likeness (QED) is 0.615. The number of hydrogen-bond donors (Lipinski definition) is 2. The highest BCUT2D eigenvalue weighted by Crippen LogP contribution is 2.24. The van der Waals surface area contributed by atoms with Gasteiger partial charge in [0, 0.05) is 5.75 Å². The minimum absolute atomic E-state index is 0.0291. The molecule has 0 amide bonds. The predicted octanol–water partition coefficient (Wildman–Crippen LogP) is 2.49. The zero-order valence-electron chi connectivity index (χ0n) is 9.91. The van der Waals surface area contributed by atoms with Crippen LogP contribution in [0.1, 0.15) is 45.1 Å². The first kappa shape index (κ1) is 13.1. The van der Waals surface area contributed by atoms with Crippen LogP contribution in [0, 0.1) is 0 Å². The Labute approximate surface area is 99.5 Å². The summed E-state index contributed by atoms with van der Waals surface area (Å²) in [4.78, 5) is 18.5. The smallest absolute Gasteiger partial charge is 0.258 e. The van der Waals surface area contributed by atoms with Crippen molar-refractivity contribution < 1.29 is 5.11 Å². The molecule has 1 aromatic rings. The summed E-state index contributed by atoms with van der Waals surface area (Å²) in [5.74, 6) is 0.781. The Balaban J connectivity index is 3.03.